The van der Waals surface area contributed by atoms with Crippen LogP contribution in [0.3, 0.4) is 0 Å². The molecule has 1 saturated heterocycles. The third kappa shape index (κ3) is 4.52. The molecule has 1 fully saturated rings. The van der Waals surface area contributed by atoms with Crippen LogP contribution in [-0.2, 0) is 17.6 Å². The van der Waals surface area contributed by atoms with Gasteiger partial charge < -0.3 is 10.1 Å². The van der Waals surface area contributed by atoms with Gasteiger partial charge in [-0.15, -0.1) is 5.10 Å². The zero-order valence-electron chi connectivity index (χ0n) is 14.8. The lowest BCUT2D eigenvalue weighted by atomic mass is 10.1. The van der Waals surface area contributed by atoms with Crippen LogP contribution in [0.1, 0.15) is 23.6 Å². The predicted octanol–water partition coefficient (Wildman–Crippen LogP) is 3.42. The number of amides is 1. The SMILES string of the molecule is CCc1ccc(C[C@H]2S/C(=N/N=C\c3ccccc3OC)NC2=O)cc1. The Morgan fingerprint density at radius 1 is 1.15 bits per heavy atom. The van der Waals surface area contributed by atoms with E-state index in [1.165, 1.54) is 17.3 Å². The number of rotatable bonds is 6. The summed E-state index contributed by atoms with van der Waals surface area (Å²) < 4.78 is 5.27. The van der Waals surface area contributed by atoms with Gasteiger partial charge in [-0.1, -0.05) is 55.1 Å². The minimum Gasteiger partial charge on any atom is -0.496 e. The first-order chi connectivity index (χ1) is 12.7. The molecule has 0 saturated carbocycles. The normalized spacial score (nSPS) is 18.5. The molecule has 0 spiro atoms. The Morgan fingerprint density at radius 2 is 1.88 bits per heavy atom. The van der Waals surface area contributed by atoms with E-state index in [-0.39, 0.29) is 11.2 Å². The Morgan fingerprint density at radius 3 is 2.62 bits per heavy atom. The number of ether oxygens (including phenoxy) is 1. The number of amidine groups is 1. The molecule has 6 heteroatoms. The van der Waals surface area contributed by atoms with Crippen LogP contribution in [0.4, 0.5) is 0 Å². The summed E-state index contributed by atoms with van der Waals surface area (Å²) in [5, 5.41) is 11.3. The molecule has 1 atom stereocenters. The van der Waals surface area contributed by atoms with Gasteiger partial charge in [0.2, 0.25) is 5.91 Å². The summed E-state index contributed by atoms with van der Waals surface area (Å²) >= 11 is 1.41. The molecule has 2 aromatic carbocycles. The first kappa shape index (κ1) is 18.2. The van der Waals surface area contributed by atoms with Crippen molar-refractivity contribution < 1.29 is 9.53 Å². The molecule has 134 valence electrons. The molecule has 0 unspecified atom stereocenters. The minimum atomic E-state index is -0.178. The number of hydrogen-bond donors (Lipinski definition) is 1. The highest BCUT2D eigenvalue weighted by Gasteiger charge is 2.30. The smallest absolute Gasteiger partial charge is 0.239 e. The first-order valence-electron chi connectivity index (χ1n) is 8.49. The van der Waals surface area contributed by atoms with E-state index in [1.54, 1.807) is 13.3 Å². The van der Waals surface area contributed by atoms with Crippen molar-refractivity contribution in [3.63, 3.8) is 0 Å². The van der Waals surface area contributed by atoms with Gasteiger partial charge in [0.05, 0.1) is 18.6 Å². The number of hydrogen-bond acceptors (Lipinski definition) is 5. The van der Waals surface area contributed by atoms with Gasteiger partial charge in [-0.05, 0) is 36.1 Å². The van der Waals surface area contributed by atoms with Gasteiger partial charge in [-0.2, -0.15) is 5.10 Å². The topological polar surface area (TPSA) is 63.1 Å². The van der Waals surface area contributed by atoms with Crippen molar-refractivity contribution in [2.75, 3.05) is 7.11 Å². The lowest BCUT2D eigenvalue weighted by molar-refractivity contribution is -0.118. The van der Waals surface area contributed by atoms with Crippen LogP contribution in [0.25, 0.3) is 0 Å². The van der Waals surface area contributed by atoms with E-state index in [0.717, 1.165) is 23.3 Å². The van der Waals surface area contributed by atoms with Crippen LogP contribution in [0.15, 0.2) is 58.7 Å². The zero-order valence-corrected chi connectivity index (χ0v) is 15.6. The van der Waals surface area contributed by atoms with Crippen molar-refractivity contribution in [2.45, 2.75) is 25.0 Å². The highest BCUT2D eigenvalue weighted by atomic mass is 32.2. The van der Waals surface area contributed by atoms with E-state index in [1.807, 2.05) is 24.3 Å². The Kier molecular flexibility index (Phi) is 6.07. The number of para-hydroxylation sites is 1. The summed E-state index contributed by atoms with van der Waals surface area (Å²) in [5.41, 5.74) is 3.28. The average molecular weight is 367 g/mol. The summed E-state index contributed by atoms with van der Waals surface area (Å²) in [6.45, 7) is 2.13. The highest BCUT2D eigenvalue weighted by Crippen LogP contribution is 2.23. The predicted molar refractivity (Wildman–Crippen MR) is 107 cm³/mol. The van der Waals surface area contributed by atoms with Crippen molar-refractivity contribution in [1.82, 2.24) is 5.32 Å². The second kappa shape index (κ2) is 8.67. The third-order valence-electron chi connectivity index (χ3n) is 4.11. The van der Waals surface area contributed by atoms with E-state index in [4.69, 9.17) is 4.74 Å². The molecule has 1 aliphatic heterocycles. The third-order valence-corrected chi connectivity index (χ3v) is 5.19. The Balaban J connectivity index is 1.63. The molecular formula is C20H21N3O2S. The van der Waals surface area contributed by atoms with Gasteiger partial charge in [0.25, 0.3) is 0 Å². The second-order valence-corrected chi connectivity index (χ2v) is 7.05. The van der Waals surface area contributed by atoms with Crippen molar-refractivity contribution in [2.24, 2.45) is 10.2 Å². The van der Waals surface area contributed by atoms with Gasteiger partial charge in [-0.25, -0.2) is 0 Å². The molecule has 1 aliphatic rings. The molecule has 1 N–H and O–H groups in total. The number of benzene rings is 2. The Hall–Kier alpha value is -2.60. The molecule has 0 bridgehead atoms. The maximum atomic E-state index is 12.2. The monoisotopic (exact) mass is 367 g/mol. The first-order valence-corrected chi connectivity index (χ1v) is 9.37. The van der Waals surface area contributed by atoms with E-state index in [0.29, 0.717) is 11.6 Å². The molecule has 0 aromatic heterocycles. The van der Waals surface area contributed by atoms with Crippen LogP contribution < -0.4 is 10.1 Å². The molecule has 0 radical (unpaired) electrons. The molecule has 5 nitrogen and oxygen atoms in total. The molecule has 3 rings (SSSR count). The molecule has 1 heterocycles. The number of aryl methyl sites for hydroxylation is 1. The van der Waals surface area contributed by atoms with Crippen molar-refractivity contribution in [3.8, 4) is 5.75 Å². The van der Waals surface area contributed by atoms with Crippen LogP contribution in [-0.4, -0.2) is 29.6 Å². The lowest BCUT2D eigenvalue weighted by Crippen LogP contribution is -2.25. The van der Waals surface area contributed by atoms with E-state index in [9.17, 15) is 4.79 Å². The minimum absolute atomic E-state index is 0.0270. The molecular weight excluding hydrogens is 346 g/mol. The van der Waals surface area contributed by atoms with Gasteiger partial charge in [0.1, 0.15) is 5.75 Å². The fraction of sp³-hybridized carbons (Fsp3) is 0.250. The van der Waals surface area contributed by atoms with Gasteiger partial charge in [-0.3, -0.25) is 4.79 Å². The fourth-order valence-corrected chi connectivity index (χ4v) is 3.59. The van der Waals surface area contributed by atoms with Gasteiger partial charge in [0.15, 0.2) is 5.17 Å². The Labute approximate surface area is 157 Å². The number of nitrogens with one attached hydrogen (secondary N) is 1. The van der Waals surface area contributed by atoms with E-state index in [2.05, 4.69) is 46.7 Å². The lowest BCUT2D eigenvalue weighted by Gasteiger charge is -2.06. The average Bonchev–Trinajstić information content (AvgIpc) is 3.02. The highest BCUT2D eigenvalue weighted by molar-refractivity contribution is 8.15. The number of nitrogens with zero attached hydrogens (tertiary/aromatic N) is 2. The number of thioether (sulfide) groups is 1. The van der Waals surface area contributed by atoms with Crippen LogP contribution in [0.2, 0.25) is 0 Å². The number of carbonyl (C=O) groups excluding carboxylic acids is 1. The van der Waals surface area contributed by atoms with Gasteiger partial charge in [0, 0.05) is 5.56 Å². The van der Waals surface area contributed by atoms with E-state index < -0.39 is 0 Å². The van der Waals surface area contributed by atoms with E-state index >= 15 is 0 Å². The van der Waals surface area contributed by atoms with Crippen molar-refractivity contribution in [1.29, 1.82) is 0 Å². The maximum absolute atomic E-state index is 12.2. The standard InChI is InChI=1S/C20H21N3O2S/c1-3-14-8-10-15(11-9-14)12-18-19(24)22-20(26-18)23-21-13-16-6-4-5-7-17(16)25-2/h4-11,13,18H,3,12H2,1-2H3,(H,22,23,24)/b21-13-/t18-/m1/s1. The number of methoxy groups -OCH3 is 1. The summed E-state index contributed by atoms with van der Waals surface area (Å²) in [4.78, 5) is 12.2. The molecule has 26 heavy (non-hydrogen) atoms. The summed E-state index contributed by atoms with van der Waals surface area (Å²) in [5.74, 6) is 0.703. The summed E-state index contributed by atoms with van der Waals surface area (Å²) in [7, 11) is 1.61. The van der Waals surface area contributed by atoms with Crippen LogP contribution >= 0.6 is 11.8 Å². The largest absolute Gasteiger partial charge is 0.496 e. The molecule has 0 aliphatic carbocycles. The molecule has 2 aromatic rings. The Bertz CT molecular complexity index is 831. The van der Waals surface area contributed by atoms with Crippen LogP contribution in [0, 0.1) is 0 Å². The van der Waals surface area contributed by atoms with Crippen molar-refractivity contribution >= 4 is 29.1 Å². The quantitative estimate of drug-likeness (QED) is 0.628. The van der Waals surface area contributed by atoms with Gasteiger partial charge >= 0.3 is 0 Å². The van der Waals surface area contributed by atoms with Crippen molar-refractivity contribution in [3.05, 3.63) is 65.2 Å². The zero-order chi connectivity index (χ0) is 18.4. The second-order valence-electron chi connectivity index (χ2n) is 5.86. The molecule has 1 amide bonds. The maximum Gasteiger partial charge on any atom is 0.239 e. The summed E-state index contributed by atoms with van der Waals surface area (Å²) in [6, 6.07) is 15.9. The summed E-state index contributed by atoms with van der Waals surface area (Å²) in [6.07, 6.45) is 3.31. The van der Waals surface area contributed by atoms with Crippen LogP contribution in [0.5, 0.6) is 5.75 Å². The number of carbonyl (C=O) groups is 1. The fourth-order valence-electron chi connectivity index (χ4n) is 2.63.